The van der Waals surface area contributed by atoms with Crippen molar-refractivity contribution in [2.24, 2.45) is 0 Å². The molecule has 1 unspecified atom stereocenters. The van der Waals surface area contributed by atoms with Gasteiger partial charge < -0.3 is 14.4 Å². The summed E-state index contributed by atoms with van der Waals surface area (Å²) in [6.45, 7) is -0.866. The number of methoxy groups -OCH3 is 2. The molecule has 0 radical (unpaired) electrons. The van der Waals surface area contributed by atoms with Crippen LogP contribution in [0.2, 0.25) is 0 Å². The Bertz CT molecular complexity index is 1070. The number of ether oxygens (including phenoxy) is 2. The molecule has 0 aromatic carbocycles. The number of pyridine rings is 1. The molecule has 4 rings (SSSR count). The van der Waals surface area contributed by atoms with E-state index in [4.69, 9.17) is 32.7 Å². The molecule has 3 heterocycles. The monoisotopic (exact) mass is 474 g/mol. The van der Waals surface area contributed by atoms with Gasteiger partial charge in [-0.1, -0.05) is 35.0 Å². The van der Waals surface area contributed by atoms with Crippen molar-refractivity contribution in [1.29, 1.82) is 0 Å². The van der Waals surface area contributed by atoms with Crippen LogP contribution in [0.4, 0.5) is 14.6 Å². The molecule has 0 amide bonds. The molecule has 6 nitrogen and oxygen atoms in total. The lowest BCUT2D eigenvalue weighted by Crippen LogP contribution is -2.56. The van der Waals surface area contributed by atoms with Crippen LogP contribution in [0, 0.1) is 0 Å². The summed E-state index contributed by atoms with van der Waals surface area (Å²) in [5.41, 5.74) is 1.36. The Morgan fingerprint density at radius 3 is 2.57 bits per heavy atom. The zero-order valence-corrected chi connectivity index (χ0v) is 18.7. The van der Waals surface area contributed by atoms with E-state index < -0.39 is 25.1 Å². The lowest BCUT2D eigenvalue weighted by molar-refractivity contribution is -0.0265. The Morgan fingerprint density at radius 1 is 1.23 bits per heavy atom. The molecule has 1 aliphatic carbocycles. The molecule has 0 saturated carbocycles. The molecular weight excluding hydrogens is 457 g/mol. The van der Waals surface area contributed by atoms with Crippen molar-refractivity contribution < 1.29 is 18.3 Å². The topological polar surface area (TPSA) is 60.4 Å². The van der Waals surface area contributed by atoms with Crippen LogP contribution in [-0.2, 0) is 9.47 Å². The molecule has 30 heavy (non-hydrogen) atoms. The highest BCUT2D eigenvalue weighted by molar-refractivity contribution is 7.98. The standard InChI is InChI=1S/C19H18Cl2F2N4O2S/c1-28-11-5-12(29-2)15(21)13(14(11)20)10-4-9-6-24-18(30-3)26-16(9)17(25-10)27-7-19(22,23)8-27/h4,6,11H,5,7-8H2,1-3H3. The number of hydrogen-bond acceptors (Lipinski definition) is 7. The number of rotatable bonds is 5. The summed E-state index contributed by atoms with van der Waals surface area (Å²) in [4.78, 5) is 14.9. The lowest BCUT2D eigenvalue weighted by Gasteiger charge is -2.40. The number of allylic oxidation sites excluding steroid dienone is 2. The zero-order chi connectivity index (χ0) is 21.6. The highest BCUT2D eigenvalue weighted by Crippen LogP contribution is 2.43. The maximum Gasteiger partial charge on any atom is 0.282 e. The van der Waals surface area contributed by atoms with Gasteiger partial charge in [-0.25, -0.2) is 23.7 Å². The summed E-state index contributed by atoms with van der Waals surface area (Å²) >= 11 is 14.5. The average Bonchev–Trinajstić information content (AvgIpc) is 2.71. The van der Waals surface area contributed by atoms with Crippen LogP contribution in [0.5, 0.6) is 0 Å². The van der Waals surface area contributed by atoms with E-state index in [0.717, 1.165) is 0 Å². The molecule has 1 fully saturated rings. The van der Waals surface area contributed by atoms with Gasteiger partial charge in [0.15, 0.2) is 11.0 Å². The largest absolute Gasteiger partial charge is 0.499 e. The summed E-state index contributed by atoms with van der Waals surface area (Å²) in [6, 6.07) is 1.74. The first kappa shape index (κ1) is 21.5. The van der Waals surface area contributed by atoms with E-state index in [1.54, 1.807) is 12.3 Å². The number of aromatic nitrogens is 3. The second-order valence-corrected chi connectivity index (χ2v) is 8.49. The smallest absolute Gasteiger partial charge is 0.282 e. The van der Waals surface area contributed by atoms with E-state index in [2.05, 4.69) is 15.0 Å². The third kappa shape index (κ3) is 3.72. The quantitative estimate of drug-likeness (QED) is 0.460. The maximum absolute atomic E-state index is 13.6. The van der Waals surface area contributed by atoms with Gasteiger partial charge in [0.2, 0.25) is 0 Å². The molecule has 1 atom stereocenters. The third-order valence-electron chi connectivity index (χ3n) is 5.00. The van der Waals surface area contributed by atoms with Crippen LogP contribution < -0.4 is 4.90 Å². The molecule has 160 valence electrons. The van der Waals surface area contributed by atoms with Gasteiger partial charge in [-0.05, 0) is 12.3 Å². The van der Waals surface area contributed by atoms with E-state index in [0.29, 0.717) is 55.4 Å². The summed E-state index contributed by atoms with van der Waals surface area (Å²) in [6.07, 6.45) is 3.41. The molecule has 11 heteroatoms. The molecule has 2 aromatic heterocycles. The van der Waals surface area contributed by atoms with Gasteiger partial charge in [-0.2, -0.15) is 0 Å². The predicted octanol–water partition coefficient (Wildman–Crippen LogP) is 4.67. The second kappa shape index (κ2) is 8.11. The minimum atomic E-state index is -2.76. The number of anilines is 1. The van der Waals surface area contributed by atoms with Crippen molar-refractivity contribution in [3.05, 3.63) is 33.8 Å². The fourth-order valence-corrected chi connectivity index (χ4v) is 4.56. The summed E-state index contributed by atoms with van der Waals surface area (Å²) < 4.78 is 38.1. The number of fused-ring (bicyclic) bond motifs is 1. The molecular formula is C19H18Cl2F2N4O2S. The summed E-state index contributed by atoms with van der Waals surface area (Å²) in [7, 11) is 3.05. The fourth-order valence-electron chi connectivity index (χ4n) is 3.46. The Balaban J connectivity index is 1.92. The van der Waals surface area contributed by atoms with Crippen LogP contribution in [0.25, 0.3) is 16.5 Å². The number of nitrogens with zero attached hydrogens (tertiary/aromatic N) is 4. The van der Waals surface area contributed by atoms with Gasteiger partial charge in [-0.15, -0.1) is 0 Å². The minimum absolute atomic E-state index is 0.309. The van der Waals surface area contributed by atoms with E-state index in [1.807, 2.05) is 6.26 Å². The van der Waals surface area contributed by atoms with Crippen LogP contribution in [0.15, 0.2) is 33.2 Å². The normalized spacial score (nSPS) is 21.3. The van der Waals surface area contributed by atoms with Crippen LogP contribution >= 0.6 is 35.0 Å². The fraction of sp³-hybridized carbons (Fsp3) is 0.421. The number of alkyl halides is 2. The minimum Gasteiger partial charge on any atom is -0.499 e. The maximum atomic E-state index is 13.6. The molecule has 1 saturated heterocycles. The van der Waals surface area contributed by atoms with E-state index >= 15 is 0 Å². The van der Waals surface area contributed by atoms with Crippen LogP contribution in [-0.4, -0.2) is 60.5 Å². The number of hydrogen-bond donors (Lipinski definition) is 0. The second-order valence-electron chi connectivity index (χ2n) is 6.93. The van der Waals surface area contributed by atoms with Crippen molar-refractivity contribution >= 4 is 57.3 Å². The highest BCUT2D eigenvalue weighted by atomic mass is 35.5. The van der Waals surface area contributed by atoms with Gasteiger partial charge in [-0.3, -0.25) is 0 Å². The SMILES string of the molecule is COC1=C(Cl)C(c2cc3cnc(SC)nc3c(N3CC(F)(F)C3)n2)=C(Cl)C(OC)C1. The van der Waals surface area contributed by atoms with Crippen molar-refractivity contribution in [3.63, 3.8) is 0 Å². The number of thioether (sulfide) groups is 1. The number of halogens is 4. The summed E-state index contributed by atoms with van der Waals surface area (Å²) in [5.74, 6) is -1.91. The van der Waals surface area contributed by atoms with Crippen LogP contribution in [0.1, 0.15) is 12.1 Å². The Hall–Kier alpha value is -1.68. The average molecular weight is 475 g/mol. The predicted molar refractivity (Wildman–Crippen MR) is 114 cm³/mol. The van der Waals surface area contributed by atoms with Gasteiger partial charge in [0.25, 0.3) is 5.92 Å². The van der Waals surface area contributed by atoms with Crippen molar-refractivity contribution in [3.8, 4) is 0 Å². The molecule has 2 aliphatic rings. The van der Waals surface area contributed by atoms with Gasteiger partial charge in [0, 0.05) is 30.7 Å². The van der Waals surface area contributed by atoms with E-state index in [1.165, 1.54) is 30.9 Å². The van der Waals surface area contributed by atoms with Gasteiger partial charge >= 0.3 is 0 Å². The van der Waals surface area contributed by atoms with Gasteiger partial charge in [0.1, 0.15) is 17.4 Å². The Kier molecular flexibility index (Phi) is 5.82. The Labute approximate surface area is 186 Å². The van der Waals surface area contributed by atoms with Crippen molar-refractivity contribution in [1.82, 2.24) is 15.0 Å². The molecule has 1 aliphatic heterocycles. The van der Waals surface area contributed by atoms with Crippen molar-refractivity contribution in [2.75, 3.05) is 38.5 Å². The van der Waals surface area contributed by atoms with E-state index in [-0.39, 0.29) is 0 Å². The highest BCUT2D eigenvalue weighted by Gasteiger charge is 2.45. The third-order valence-corrected chi connectivity index (χ3v) is 6.39. The molecule has 0 bridgehead atoms. The van der Waals surface area contributed by atoms with Gasteiger partial charge in [0.05, 0.1) is 36.0 Å². The Morgan fingerprint density at radius 2 is 1.97 bits per heavy atom. The van der Waals surface area contributed by atoms with Crippen molar-refractivity contribution in [2.45, 2.75) is 23.6 Å². The van der Waals surface area contributed by atoms with Crippen LogP contribution in [0.3, 0.4) is 0 Å². The summed E-state index contributed by atoms with van der Waals surface area (Å²) in [5, 5.41) is 1.85. The zero-order valence-electron chi connectivity index (χ0n) is 16.4. The van der Waals surface area contributed by atoms with E-state index in [9.17, 15) is 8.78 Å². The first-order valence-electron chi connectivity index (χ1n) is 8.98. The molecule has 2 aromatic rings. The molecule has 0 N–H and O–H groups in total. The first-order valence-corrected chi connectivity index (χ1v) is 11.0. The molecule has 0 spiro atoms. The lowest BCUT2D eigenvalue weighted by atomic mass is 9.98. The first-order chi connectivity index (χ1) is 14.3.